The summed E-state index contributed by atoms with van der Waals surface area (Å²) in [6.45, 7) is 2.41. The van der Waals surface area contributed by atoms with Gasteiger partial charge in [-0.3, -0.25) is 4.98 Å². The fourth-order valence-corrected chi connectivity index (χ4v) is 1.33. The number of pyridine rings is 1. The molecule has 0 amide bonds. The van der Waals surface area contributed by atoms with Crippen LogP contribution in [0.15, 0.2) is 30.7 Å². The van der Waals surface area contributed by atoms with Gasteiger partial charge in [0.2, 0.25) is 0 Å². The number of hydrogen-bond donors (Lipinski definition) is 1. The van der Waals surface area contributed by atoms with Crippen LogP contribution in [0.25, 0.3) is 11.4 Å². The van der Waals surface area contributed by atoms with Crippen molar-refractivity contribution in [3.8, 4) is 11.4 Å². The Labute approximate surface area is 88.2 Å². The first-order valence-corrected chi connectivity index (χ1v) is 4.74. The molecule has 2 heterocycles. The van der Waals surface area contributed by atoms with Gasteiger partial charge in [0.1, 0.15) is 0 Å². The van der Waals surface area contributed by atoms with Gasteiger partial charge in [0.25, 0.3) is 0 Å². The Bertz CT molecular complexity index is 453. The molecule has 0 aliphatic carbocycles. The smallest absolute Gasteiger partial charge is 0.159 e. The van der Waals surface area contributed by atoms with E-state index < -0.39 is 0 Å². The van der Waals surface area contributed by atoms with Crippen LogP contribution in [0.1, 0.15) is 11.3 Å². The zero-order valence-corrected chi connectivity index (χ0v) is 8.51. The second kappa shape index (κ2) is 4.14. The van der Waals surface area contributed by atoms with Crippen molar-refractivity contribution in [2.45, 2.75) is 13.5 Å². The van der Waals surface area contributed by atoms with E-state index in [1.165, 1.54) is 0 Å². The molecule has 0 saturated heterocycles. The molecule has 0 spiro atoms. The van der Waals surface area contributed by atoms with Crippen molar-refractivity contribution >= 4 is 0 Å². The zero-order chi connectivity index (χ0) is 10.7. The van der Waals surface area contributed by atoms with Gasteiger partial charge in [0, 0.05) is 42.0 Å². The molecule has 0 aliphatic heterocycles. The Balaban J connectivity index is 2.43. The molecule has 0 unspecified atom stereocenters. The van der Waals surface area contributed by atoms with Crippen molar-refractivity contribution < 1.29 is 0 Å². The van der Waals surface area contributed by atoms with Crippen molar-refractivity contribution in [3.63, 3.8) is 0 Å². The predicted octanol–water partition coefficient (Wildman–Crippen LogP) is 1.31. The highest BCUT2D eigenvalue weighted by atomic mass is 14.9. The normalized spacial score (nSPS) is 10.3. The first-order valence-electron chi connectivity index (χ1n) is 4.74. The van der Waals surface area contributed by atoms with E-state index in [1.807, 2.05) is 19.1 Å². The Kier molecular flexibility index (Phi) is 2.69. The van der Waals surface area contributed by atoms with Crippen molar-refractivity contribution in [2.75, 3.05) is 0 Å². The minimum Gasteiger partial charge on any atom is -0.326 e. The van der Waals surface area contributed by atoms with Crippen molar-refractivity contribution in [3.05, 3.63) is 42.0 Å². The summed E-state index contributed by atoms with van der Waals surface area (Å²) in [4.78, 5) is 12.6. The fourth-order valence-electron chi connectivity index (χ4n) is 1.33. The van der Waals surface area contributed by atoms with Crippen LogP contribution < -0.4 is 5.73 Å². The predicted molar refractivity (Wildman–Crippen MR) is 57.9 cm³/mol. The van der Waals surface area contributed by atoms with E-state index in [9.17, 15) is 0 Å². The third-order valence-electron chi connectivity index (χ3n) is 2.24. The van der Waals surface area contributed by atoms with E-state index >= 15 is 0 Å². The van der Waals surface area contributed by atoms with Crippen LogP contribution in [-0.4, -0.2) is 15.0 Å². The summed E-state index contributed by atoms with van der Waals surface area (Å²) in [7, 11) is 0. The topological polar surface area (TPSA) is 64.7 Å². The fraction of sp³-hybridized carbons (Fsp3) is 0.182. The Morgan fingerprint density at radius 2 is 2.00 bits per heavy atom. The first kappa shape index (κ1) is 9.73. The van der Waals surface area contributed by atoms with E-state index in [0.717, 1.165) is 16.8 Å². The molecular weight excluding hydrogens is 188 g/mol. The Hall–Kier alpha value is -1.81. The molecule has 2 aromatic rings. The SMILES string of the molecule is Cc1nc(-c2ccncc2)ncc1CN. The maximum Gasteiger partial charge on any atom is 0.159 e. The van der Waals surface area contributed by atoms with Crippen molar-refractivity contribution in [1.29, 1.82) is 0 Å². The van der Waals surface area contributed by atoms with Crippen LogP contribution in [0.4, 0.5) is 0 Å². The minimum atomic E-state index is 0.475. The van der Waals surface area contributed by atoms with Crippen molar-refractivity contribution in [2.24, 2.45) is 5.73 Å². The maximum atomic E-state index is 5.55. The molecule has 0 aromatic carbocycles. The monoisotopic (exact) mass is 200 g/mol. The molecule has 4 nitrogen and oxygen atoms in total. The van der Waals surface area contributed by atoms with Gasteiger partial charge in [-0.25, -0.2) is 9.97 Å². The molecule has 2 rings (SSSR count). The molecule has 2 N–H and O–H groups in total. The lowest BCUT2D eigenvalue weighted by Crippen LogP contribution is -2.03. The summed E-state index contributed by atoms with van der Waals surface area (Å²) in [5.41, 5.74) is 8.43. The van der Waals surface area contributed by atoms with Gasteiger partial charge in [-0.1, -0.05) is 0 Å². The third kappa shape index (κ3) is 1.99. The summed E-state index contributed by atoms with van der Waals surface area (Å²) in [5, 5.41) is 0. The highest BCUT2D eigenvalue weighted by molar-refractivity contribution is 5.53. The number of aryl methyl sites for hydroxylation is 1. The van der Waals surface area contributed by atoms with Gasteiger partial charge >= 0.3 is 0 Å². The zero-order valence-electron chi connectivity index (χ0n) is 8.51. The Morgan fingerprint density at radius 3 is 2.60 bits per heavy atom. The second-order valence-electron chi connectivity index (χ2n) is 3.24. The van der Waals surface area contributed by atoms with Gasteiger partial charge in [0.15, 0.2) is 5.82 Å². The summed E-state index contributed by atoms with van der Waals surface area (Å²) >= 11 is 0. The molecule has 0 aliphatic rings. The molecule has 0 saturated carbocycles. The highest BCUT2D eigenvalue weighted by Crippen LogP contribution is 2.14. The van der Waals surface area contributed by atoms with Crippen LogP contribution in [0, 0.1) is 6.92 Å². The average molecular weight is 200 g/mol. The van der Waals surface area contributed by atoms with E-state index in [2.05, 4.69) is 15.0 Å². The third-order valence-corrected chi connectivity index (χ3v) is 2.24. The lowest BCUT2D eigenvalue weighted by molar-refractivity contribution is 0.972. The van der Waals surface area contributed by atoms with Crippen molar-refractivity contribution in [1.82, 2.24) is 15.0 Å². The van der Waals surface area contributed by atoms with Crippen LogP contribution in [-0.2, 0) is 6.54 Å². The van der Waals surface area contributed by atoms with Crippen LogP contribution in [0.3, 0.4) is 0 Å². The van der Waals surface area contributed by atoms with Gasteiger partial charge in [-0.2, -0.15) is 0 Å². The summed E-state index contributed by atoms with van der Waals surface area (Å²) < 4.78 is 0. The van der Waals surface area contributed by atoms with E-state index in [1.54, 1.807) is 18.6 Å². The lowest BCUT2D eigenvalue weighted by atomic mass is 10.2. The number of nitrogens with two attached hydrogens (primary N) is 1. The van der Waals surface area contributed by atoms with E-state index in [0.29, 0.717) is 12.4 Å². The average Bonchev–Trinajstić information content (AvgIpc) is 2.30. The molecule has 76 valence electrons. The van der Waals surface area contributed by atoms with Gasteiger partial charge < -0.3 is 5.73 Å². The molecule has 0 atom stereocenters. The number of hydrogen-bond acceptors (Lipinski definition) is 4. The molecule has 0 fully saturated rings. The molecule has 2 aromatic heterocycles. The highest BCUT2D eigenvalue weighted by Gasteiger charge is 2.03. The standard InChI is InChI=1S/C11H12N4/c1-8-10(6-12)7-14-11(15-8)9-2-4-13-5-3-9/h2-5,7H,6,12H2,1H3. The van der Waals surface area contributed by atoms with Crippen LogP contribution >= 0.6 is 0 Å². The maximum absolute atomic E-state index is 5.55. The van der Waals surface area contributed by atoms with Gasteiger partial charge in [-0.05, 0) is 19.1 Å². The summed E-state index contributed by atoms with van der Waals surface area (Å²) in [5.74, 6) is 0.715. The minimum absolute atomic E-state index is 0.475. The molecule has 0 radical (unpaired) electrons. The number of nitrogens with zero attached hydrogens (tertiary/aromatic N) is 3. The van der Waals surface area contributed by atoms with Crippen LogP contribution in [0.2, 0.25) is 0 Å². The molecule has 0 bridgehead atoms. The number of aromatic nitrogens is 3. The Morgan fingerprint density at radius 1 is 1.27 bits per heavy atom. The van der Waals surface area contributed by atoms with Gasteiger partial charge in [0.05, 0.1) is 0 Å². The first-order chi connectivity index (χ1) is 7.31. The summed E-state index contributed by atoms with van der Waals surface area (Å²) in [6.07, 6.45) is 5.23. The lowest BCUT2D eigenvalue weighted by Gasteiger charge is -2.04. The molecular formula is C11H12N4. The molecule has 4 heteroatoms. The second-order valence-corrected chi connectivity index (χ2v) is 3.24. The van der Waals surface area contributed by atoms with E-state index in [4.69, 9.17) is 5.73 Å². The van der Waals surface area contributed by atoms with Gasteiger partial charge in [-0.15, -0.1) is 0 Å². The van der Waals surface area contributed by atoms with E-state index in [-0.39, 0.29) is 0 Å². The van der Waals surface area contributed by atoms with Crippen LogP contribution in [0.5, 0.6) is 0 Å². The largest absolute Gasteiger partial charge is 0.326 e. The quantitative estimate of drug-likeness (QED) is 0.793. The molecule has 15 heavy (non-hydrogen) atoms. The number of rotatable bonds is 2. The summed E-state index contributed by atoms with van der Waals surface area (Å²) in [6, 6.07) is 3.77.